The molecule has 1 heterocycles. The summed E-state index contributed by atoms with van der Waals surface area (Å²) in [6.07, 6.45) is 0. The highest BCUT2D eigenvalue weighted by atomic mass is 32.1. The average molecular weight is 791 g/mol. The molecule has 0 saturated carbocycles. The van der Waals surface area contributed by atoms with Crippen LogP contribution in [0.25, 0.3) is 130 Å². The maximum Gasteiger partial charge on any atom is 0.0434 e. The van der Waals surface area contributed by atoms with Crippen LogP contribution in [0.3, 0.4) is 0 Å². The predicted octanol–water partition coefficient (Wildman–Crippen LogP) is 17.6. The van der Waals surface area contributed by atoms with Gasteiger partial charge in [0.2, 0.25) is 0 Å². The summed E-state index contributed by atoms with van der Waals surface area (Å²) in [6, 6.07) is 73.3. The van der Waals surface area contributed by atoms with Gasteiger partial charge in [0.1, 0.15) is 0 Å². The van der Waals surface area contributed by atoms with E-state index in [1.54, 1.807) is 0 Å². The molecule has 0 bridgehead atoms. The largest absolute Gasteiger partial charge is 0.135 e. The first-order valence-corrected chi connectivity index (χ1v) is 22.1. The van der Waals surface area contributed by atoms with Gasteiger partial charge < -0.3 is 0 Å². The van der Waals surface area contributed by atoms with Crippen molar-refractivity contribution >= 4 is 74.6 Å². The minimum atomic E-state index is 1.24. The van der Waals surface area contributed by atoms with E-state index < -0.39 is 0 Å². The Morgan fingerprint density at radius 2 is 0.836 bits per heavy atom. The van der Waals surface area contributed by atoms with E-state index in [2.05, 4.69) is 208 Å². The van der Waals surface area contributed by atoms with Crippen LogP contribution in [0.15, 0.2) is 194 Å². The molecule has 61 heavy (non-hydrogen) atoms. The molecule has 0 aliphatic heterocycles. The van der Waals surface area contributed by atoms with Crippen molar-refractivity contribution in [2.45, 2.75) is 13.8 Å². The molecular weight excluding hydrogens is 753 g/mol. The fraction of sp³-hybridized carbons (Fsp3) is 0.0333. The Morgan fingerprint density at radius 1 is 0.295 bits per heavy atom. The van der Waals surface area contributed by atoms with Gasteiger partial charge in [0.05, 0.1) is 0 Å². The summed E-state index contributed by atoms with van der Waals surface area (Å²) < 4.78 is 2.65. The zero-order valence-electron chi connectivity index (χ0n) is 33.9. The summed E-state index contributed by atoms with van der Waals surface area (Å²) in [5.41, 5.74) is 18.0. The van der Waals surface area contributed by atoms with Crippen molar-refractivity contribution in [3.05, 3.63) is 205 Å². The molecule has 0 atom stereocenters. The van der Waals surface area contributed by atoms with Crippen LogP contribution in [-0.4, -0.2) is 0 Å². The highest BCUT2D eigenvalue weighted by Crippen LogP contribution is 2.59. The fourth-order valence-corrected chi connectivity index (χ4v) is 11.8. The number of benzene rings is 11. The van der Waals surface area contributed by atoms with Crippen molar-refractivity contribution in [2.75, 3.05) is 0 Å². The van der Waals surface area contributed by atoms with Gasteiger partial charge in [0, 0.05) is 25.7 Å². The molecule has 13 rings (SSSR count). The third kappa shape index (κ3) is 5.05. The summed E-state index contributed by atoms with van der Waals surface area (Å²) in [7, 11) is 0. The third-order valence-corrected chi connectivity index (χ3v) is 14.5. The molecule has 1 aromatic heterocycles. The lowest BCUT2D eigenvalue weighted by atomic mass is 9.82. The molecule has 0 fully saturated rings. The first-order valence-electron chi connectivity index (χ1n) is 21.2. The minimum absolute atomic E-state index is 1.24. The number of aryl methyl sites for hydroxylation is 2. The monoisotopic (exact) mass is 790 g/mol. The van der Waals surface area contributed by atoms with E-state index in [-0.39, 0.29) is 0 Å². The lowest BCUT2D eigenvalue weighted by Gasteiger charge is -2.20. The van der Waals surface area contributed by atoms with Crippen molar-refractivity contribution in [1.82, 2.24) is 0 Å². The van der Waals surface area contributed by atoms with Crippen LogP contribution in [0, 0.1) is 13.8 Å². The molecule has 0 nitrogen and oxygen atoms in total. The summed E-state index contributed by atoms with van der Waals surface area (Å²) in [5.74, 6) is 0. The van der Waals surface area contributed by atoms with E-state index in [1.807, 2.05) is 11.3 Å². The molecule has 0 radical (unpaired) electrons. The van der Waals surface area contributed by atoms with Gasteiger partial charge >= 0.3 is 0 Å². The molecule has 12 aromatic rings. The van der Waals surface area contributed by atoms with Gasteiger partial charge in [-0.1, -0.05) is 181 Å². The number of thiophene rings is 1. The Hall–Kier alpha value is -7.32. The zero-order chi connectivity index (χ0) is 40.3. The topological polar surface area (TPSA) is 0 Å². The van der Waals surface area contributed by atoms with E-state index >= 15 is 0 Å². The molecule has 0 amide bonds. The molecule has 1 aliphatic carbocycles. The number of hydrogen-bond donors (Lipinski definition) is 0. The highest BCUT2D eigenvalue weighted by molar-refractivity contribution is 7.26. The smallest absolute Gasteiger partial charge is 0.0434 e. The lowest BCUT2D eigenvalue weighted by molar-refractivity contribution is 1.47. The summed E-state index contributed by atoms with van der Waals surface area (Å²) in [6.45, 7) is 4.35. The van der Waals surface area contributed by atoms with Crippen molar-refractivity contribution in [2.24, 2.45) is 0 Å². The maximum absolute atomic E-state index is 2.49. The molecule has 0 spiro atoms. The second-order valence-electron chi connectivity index (χ2n) is 16.9. The van der Waals surface area contributed by atoms with E-state index in [9.17, 15) is 0 Å². The van der Waals surface area contributed by atoms with Gasteiger partial charge in [-0.2, -0.15) is 0 Å². The summed E-state index contributed by atoms with van der Waals surface area (Å²) in [4.78, 5) is 0. The van der Waals surface area contributed by atoms with Gasteiger partial charge in [-0.05, 0) is 142 Å². The van der Waals surface area contributed by atoms with Crippen LogP contribution in [-0.2, 0) is 0 Å². The van der Waals surface area contributed by atoms with E-state index in [4.69, 9.17) is 0 Å². The van der Waals surface area contributed by atoms with Crippen LogP contribution >= 0.6 is 11.3 Å². The Kier molecular flexibility index (Phi) is 7.41. The summed E-state index contributed by atoms with van der Waals surface area (Å²) in [5, 5.41) is 12.9. The van der Waals surface area contributed by atoms with Gasteiger partial charge in [-0.25, -0.2) is 0 Å². The molecule has 0 N–H and O–H groups in total. The van der Waals surface area contributed by atoms with E-state index in [0.29, 0.717) is 0 Å². The Labute approximate surface area is 358 Å². The van der Waals surface area contributed by atoms with Crippen LogP contribution in [0.1, 0.15) is 11.1 Å². The minimum Gasteiger partial charge on any atom is -0.135 e. The predicted molar refractivity (Wildman–Crippen MR) is 265 cm³/mol. The Morgan fingerprint density at radius 3 is 1.52 bits per heavy atom. The Balaban J connectivity index is 1.14. The van der Waals surface area contributed by atoms with Gasteiger partial charge in [0.25, 0.3) is 0 Å². The number of hydrogen-bond acceptors (Lipinski definition) is 1. The number of rotatable bonds is 4. The lowest BCUT2D eigenvalue weighted by Crippen LogP contribution is -1.93. The van der Waals surface area contributed by atoms with Crippen molar-refractivity contribution < 1.29 is 0 Å². The second-order valence-corrected chi connectivity index (χ2v) is 17.9. The molecule has 11 aromatic carbocycles. The standard InChI is InChI=1S/C60H38S/c1-35-22-26-37(27-23-35)55-47-17-7-8-18-48(47)56(38-28-24-36(2)25-29-38)59-50-31-30-44(46-19-11-20-49(57(46)50)58(55)59)52-33-40(34-53-45-16-9-10-21-54(45)61-60(52)53)51-32-39-12-3-4-13-41(39)42-14-5-6-15-43(42)51/h3-34H,1-2H3. The quantitative estimate of drug-likeness (QED) is 0.156. The summed E-state index contributed by atoms with van der Waals surface area (Å²) >= 11 is 1.92. The first kappa shape index (κ1) is 34.5. The van der Waals surface area contributed by atoms with Crippen molar-refractivity contribution in [3.63, 3.8) is 0 Å². The number of fused-ring (bicyclic) bond motifs is 10. The highest BCUT2D eigenvalue weighted by Gasteiger charge is 2.31. The normalized spacial score (nSPS) is 12.1. The molecule has 1 heteroatoms. The molecule has 1 aliphatic rings. The van der Waals surface area contributed by atoms with Crippen molar-refractivity contribution in [1.29, 1.82) is 0 Å². The van der Waals surface area contributed by atoms with E-state index in [0.717, 1.165) is 0 Å². The molecule has 0 saturated heterocycles. The first-order chi connectivity index (χ1) is 30.1. The molecular formula is C60H38S. The van der Waals surface area contributed by atoms with Gasteiger partial charge in [0.15, 0.2) is 0 Å². The molecule has 0 unspecified atom stereocenters. The van der Waals surface area contributed by atoms with E-state index in [1.165, 1.54) is 141 Å². The van der Waals surface area contributed by atoms with Crippen LogP contribution in [0.2, 0.25) is 0 Å². The second kappa shape index (κ2) is 13.1. The van der Waals surface area contributed by atoms with Crippen LogP contribution in [0.4, 0.5) is 0 Å². The Bertz CT molecular complexity index is 3710. The van der Waals surface area contributed by atoms with Gasteiger partial charge in [-0.3, -0.25) is 0 Å². The van der Waals surface area contributed by atoms with Crippen molar-refractivity contribution in [3.8, 4) is 66.8 Å². The third-order valence-electron chi connectivity index (χ3n) is 13.3. The zero-order valence-corrected chi connectivity index (χ0v) is 34.7. The average Bonchev–Trinajstić information content (AvgIpc) is 3.85. The molecule has 284 valence electrons. The fourth-order valence-electron chi connectivity index (χ4n) is 10.6. The van der Waals surface area contributed by atoms with Crippen LogP contribution < -0.4 is 0 Å². The maximum atomic E-state index is 2.49. The van der Waals surface area contributed by atoms with Gasteiger partial charge in [-0.15, -0.1) is 11.3 Å². The SMILES string of the molecule is Cc1ccc(-c2c3c(c(-c4ccc(C)cc4)c4ccccc24)-c2ccc(-c4cc(-c5cc6ccccc6c6ccccc56)cc5c4sc4ccccc45)c4cccc-3c24)cc1. The van der Waals surface area contributed by atoms with Crippen LogP contribution in [0.5, 0.6) is 0 Å².